The number of hydrogen-bond acceptors (Lipinski definition) is 4. The van der Waals surface area contributed by atoms with Gasteiger partial charge < -0.3 is 10.1 Å². The molecular weight excluding hydrogens is 361 g/mol. The molecule has 0 bridgehead atoms. The van der Waals surface area contributed by atoms with Gasteiger partial charge in [0.25, 0.3) is 0 Å². The Balaban J connectivity index is 1.58. The van der Waals surface area contributed by atoms with E-state index in [2.05, 4.69) is 15.3 Å². The smallest absolute Gasteiger partial charge is 0.379 e. The maximum atomic E-state index is 13.0. The highest BCUT2D eigenvalue weighted by Crippen LogP contribution is 2.46. The van der Waals surface area contributed by atoms with E-state index in [1.165, 1.54) is 0 Å². The van der Waals surface area contributed by atoms with Crippen molar-refractivity contribution in [3.63, 3.8) is 0 Å². The van der Waals surface area contributed by atoms with E-state index in [-0.39, 0.29) is 23.4 Å². The Bertz CT molecular complexity index is 625. The van der Waals surface area contributed by atoms with Gasteiger partial charge in [0.05, 0.1) is 23.9 Å². The highest BCUT2D eigenvalue weighted by Gasteiger charge is 2.42. The molecule has 6 nitrogen and oxygen atoms in total. The summed E-state index contributed by atoms with van der Waals surface area (Å²) in [4.78, 5) is 14.2. The van der Waals surface area contributed by atoms with Crippen molar-refractivity contribution >= 4 is 17.5 Å². The SMILES string of the molecule is O=C(Cn1nc(C(F)(F)F)c(Cl)c1C1CC1)NCCN1CCOCC1. The lowest BCUT2D eigenvalue weighted by atomic mass is 10.2. The van der Waals surface area contributed by atoms with E-state index >= 15 is 0 Å². The Morgan fingerprint density at radius 2 is 2.00 bits per heavy atom. The second-order valence-corrected chi connectivity index (χ2v) is 6.66. The first-order valence-corrected chi connectivity index (χ1v) is 8.64. The van der Waals surface area contributed by atoms with Crippen molar-refractivity contribution in [2.45, 2.75) is 31.5 Å². The van der Waals surface area contributed by atoms with Crippen LogP contribution in [0.4, 0.5) is 13.2 Å². The molecule has 1 aromatic heterocycles. The van der Waals surface area contributed by atoms with Crippen molar-refractivity contribution in [3.8, 4) is 0 Å². The number of rotatable bonds is 6. The summed E-state index contributed by atoms with van der Waals surface area (Å²) < 4.78 is 45.3. The third kappa shape index (κ3) is 4.65. The van der Waals surface area contributed by atoms with Crippen LogP contribution in [-0.2, 0) is 22.3 Å². The maximum Gasteiger partial charge on any atom is 0.436 e. The molecule has 1 aliphatic carbocycles. The lowest BCUT2D eigenvalue weighted by molar-refractivity contribution is -0.141. The zero-order valence-corrected chi connectivity index (χ0v) is 14.4. The van der Waals surface area contributed by atoms with E-state index in [9.17, 15) is 18.0 Å². The summed E-state index contributed by atoms with van der Waals surface area (Å²) >= 11 is 5.88. The molecule has 3 rings (SSSR count). The van der Waals surface area contributed by atoms with E-state index in [0.29, 0.717) is 32.0 Å². The molecule has 10 heteroatoms. The standard InChI is InChI=1S/C15H20ClF3N4O2/c16-12-13(10-1-2-10)23(21-14(12)15(17,18)19)9-11(24)20-3-4-22-5-7-25-8-6-22/h10H,1-9H2,(H,20,24). The monoisotopic (exact) mass is 380 g/mol. The first kappa shape index (κ1) is 18.5. The van der Waals surface area contributed by atoms with Gasteiger partial charge in [-0.05, 0) is 12.8 Å². The fourth-order valence-electron chi connectivity index (χ4n) is 2.87. The van der Waals surface area contributed by atoms with E-state index < -0.39 is 11.9 Å². The molecule has 1 N–H and O–H groups in total. The number of carbonyl (C=O) groups is 1. The topological polar surface area (TPSA) is 59.4 Å². The summed E-state index contributed by atoms with van der Waals surface area (Å²) in [6, 6.07) is 0. The van der Waals surface area contributed by atoms with Crippen molar-refractivity contribution in [1.29, 1.82) is 0 Å². The minimum Gasteiger partial charge on any atom is -0.379 e. The van der Waals surface area contributed by atoms with Crippen LogP contribution in [-0.4, -0.2) is 60.0 Å². The first-order valence-electron chi connectivity index (χ1n) is 8.26. The van der Waals surface area contributed by atoms with Crippen LogP contribution in [0.1, 0.15) is 30.1 Å². The van der Waals surface area contributed by atoms with Crippen molar-refractivity contribution in [1.82, 2.24) is 20.0 Å². The van der Waals surface area contributed by atoms with Crippen LogP contribution in [0.2, 0.25) is 5.02 Å². The molecule has 140 valence electrons. The number of alkyl halides is 3. The van der Waals surface area contributed by atoms with Crippen LogP contribution < -0.4 is 5.32 Å². The maximum absolute atomic E-state index is 13.0. The van der Waals surface area contributed by atoms with Gasteiger partial charge >= 0.3 is 6.18 Å². The Labute approximate surface area is 148 Å². The number of nitrogens with one attached hydrogen (secondary N) is 1. The molecule has 1 saturated carbocycles. The van der Waals surface area contributed by atoms with Crippen LogP contribution in [0, 0.1) is 0 Å². The molecule has 0 aromatic carbocycles. The van der Waals surface area contributed by atoms with Crippen LogP contribution >= 0.6 is 11.6 Å². The highest BCUT2D eigenvalue weighted by molar-refractivity contribution is 6.32. The van der Waals surface area contributed by atoms with E-state index in [0.717, 1.165) is 30.6 Å². The number of halogens is 4. The van der Waals surface area contributed by atoms with E-state index in [4.69, 9.17) is 16.3 Å². The zero-order chi connectivity index (χ0) is 18.0. The molecule has 0 radical (unpaired) electrons. The predicted molar refractivity (Wildman–Crippen MR) is 84.5 cm³/mol. The number of morpholine rings is 1. The largest absolute Gasteiger partial charge is 0.436 e. The van der Waals surface area contributed by atoms with Crippen LogP contribution in [0.5, 0.6) is 0 Å². The highest BCUT2D eigenvalue weighted by atomic mass is 35.5. The Hall–Kier alpha value is -1.32. The van der Waals surface area contributed by atoms with Crippen LogP contribution in [0.25, 0.3) is 0 Å². The van der Waals surface area contributed by atoms with E-state index in [1.54, 1.807) is 0 Å². The quantitative estimate of drug-likeness (QED) is 0.818. The van der Waals surface area contributed by atoms with Gasteiger partial charge in [-0.25, -0.2) is 0 Å². The van der Waals surface area contributed by atoms with Gasteiger partial charge in [0, 0.05) is 32.1 Å². The fraction of sp³-hybridized carbons (Fsp3) is 0.733. The number of carbonyl (C=O) groups excluding carboxylic acids is 1. The third-order valence-electron chi connectivity index (χ3n) is 4.31. The summed E-state index contributed by atoms with van der Waals surface area (Å²) in [6.45, 7) is 3.81. The minimum atomic E-state index is -4.63. The lowest BCUT2D eigenvalue weighted by Gasteiger charge is -2.26. The number of aromatic nitrogens is 2. The molecule has 2 heterocycles. The Kier molecular flexibility index (Phi) is 5.55. The van der Waals surface area contributed by atoms with Gasteiger partial charge in [0.15, 0.2) is 5.69 Å². The minimum absolute atomic E-state index is 0.0442. The van der Waals surface area contributed by atoms with Gasteiger partial charge in [-0.1, -0.05) is 11.6 Å². The van der Waals surface area contributed by atoms with Crippen molar-refractivity contribution in [3.05, 3.63) is 16.4 Å². The zero-order valence-electron chi connectivity index (χ0n) is 13.6. The van der Waals surface area contributed by atoms with Crippen molar-refractivity contribution < 1.29 is 22.7 Å². The molecule has 1 aromatic rings. The van der Waals surface area contributed by atoms with E-state index in [1.807, 2.05) is 0 Å². The normalized spacial score (nSPS) is 19.2. The molecule has 0 atom stereocenters. The Morgan fingerprint density at radius 1 is 1.32 bits per heavy atom. The second kappa shape index (κ2) is 7.51. The number of amides is 1. The predicted octanol–water partition coefficient (Wildman–Crippen LogP) is 1.88. The average molecular weight is 381 g/mol. The molecular formula is C15H20ClF3N4O2. The summed E-state index contributed by atoms with van der Waals surface area (Å²) in [5.41, 5.74) is -0.797. The molecule has 2 aliphatic rings. The van der Waals surface area contributed by atoms with Gasteiger partial charge in [0.1, 0.15) is 6.54 Å². The number of ether oxygens (including phenoxy) is 1. The third-order valence-corrected chi connectivity index (χ3v) is 4.68. The van der Waals surface area contributed by atoms with Crippen molar-refractivity contribution in [2.24, 2.45) is 0 Å². The van der Waals surface area contributed by atoms with Gasteiger partial charge in [0.2, 0.25) is 5.91 Å². The van der Waals surface area contributed by atoms with Crippen LogP contribution in [0.3, 0.4) is 0 Å². The number of nitrogens with zero attached hydrogens (tertiary/aromatic N) is 3. The summed E-state index contributed by atoms with van der Waals surface area (Å²) in [5, 5.41) is 5.90. The van der Waals surface area contributed by atoms with Gasteiger partial charge in [-0.3, -0.25) is 14.4 Å². The average Bonchev–Trinajstić information content (AvgIpc) is 3.32. The summed E-state index contributed by atoms with van der Waals surface area (Å²) in [5.74, 6) is -0.416. The molecule has 0 spiro atoms. The first-order chi connectivity index (χ1) is 11.9. The van der Waals surface area contributed by atoms with Gasteiger partial charge in [-0.2, -0.15) is 18.3 Å². The molecule has 1 amide bonds. The lowest BCUT2D eigenvalue weighted by Crippen LogP contribution is -2.42. The van der Waals surface area contributed by atoms with Gasteiger partial charge in [-0.15, -0.1) is 0 Å². The number of hydrogen-bond donors (Lipinski definition) is 1. The molecule has 2 fully saturated rings. The Morgan fingerprint density at radius 3 is 2.60 bits per heavy atom. The second-order valence-electron chi connectivity index (χ2n) is 6.28. The molecule has 1 aliphatic heterocycles. The fourth-order valence-corrected chi connectivity index (χ4v) is 3.27. The molecule has 0 unspecified atom stereocenters. The molecule has 1 saturated heterocycles. The van der Waals surface area contributed by atoms with Crippen molar-refractivity contribution in [2.75, 3.05) is 39.4 Å². The summed E-state index contributed by atoms with van der Waals surface area (Å²) in [7, 11) is 0. The molecule has 25 heavy (non-hydrogen) atoms. The van der Waals surface area contributed by atoms with Crippen LogP contribution in [0.15, 0.2) is 0 Å². The summed E-state index contributed by atoms with van der Waals surface area (Å²) in [6.07, 6.45) is -3.10.